The first-order chi connectivity index (χ1) is 11.4. The van der Waals surface area contributed by atoms with E-state index in [2.05, 4.69) is 5.32 Å². The lowest BCUT2D eigenvalue weighted by molar-refractivity contribution is -0.244. The largest absolute Gasteiger partial charge is 0.507 e. The smallest absolute Gasteiger partial charge is 0.223 e. The van der Waals surface area contributed by atoms with E-state index in [0.717, 1.165) is 0 Å². The molecule has 24 heavy (non-hydrogen) atoms. The van der Waals surface area contributed by atoms with E-state index < -0.39 is 43.2 Å². The summed E-state index contributed by atoms with van der Waals surface area (Å²) < 4.78 is 10.9. The van der Waals surface area contributed by atoms with E-state index in [0.29, 0.717) is 6.29 Å². The van der Waals surface area contributed by atoms with Crippen molar-refractivity contribution in [3.05, 3.63) is 23.8 Å². The molecule has 0 saturated carbocycles. The van der Waals surface area contributed by atoms with E-state index >= 15 is 0 Å². The highest BCUT2D eigenvalue weighted by molar-refractivity contribution is 5.79. The molecule has 0 spiro atoms. The summed E-state index contributed by atoms with van der Waals surface area (Å²) >= 11 is 0. The van der Waals surface area contributed by atoms with Crippen LogP contribution in [0.3, 0.4) is 0 Å². The van der Waals surface area contributed by atoms with Crippen LogP contribution in [0.15, 0.2) is 18.2 Å². The van der Waals surface area contributed by atoms with Gasteiger partial charge < -0.3 is 35.2 Å². The highest BCUT2D eigenvalue weighted by Crippen LogP contribution is 2.27. The Morgan fingerprint density at radius 1 is 1.38 bits per heavy atom. The number of hydrogen-bond donors (Lipinski definition) is 5. The Hall–Kier alpha value is -2.20. The lowest BCUT2D eigenvalue weighted by Gasteiger charge is -2.42. The molecule has 132 valence electrons. The molecular formula is C15H19NO8. The number of aliphatic hydroxyl groups is 3. The molecule has 1 aliphatic rings. The van der Waals surface area contributed by atoms with Crippen LogP contribution in [-0.4, -0.2) is 69.9 Å². The molecule has 1 aromatic rings. The van der Waals surface area contributed by atoms with Crippen molar-refractivity contribution >= 4 is 12.2 Å². The molecule has 0 bridgehead atoms. The van der Waals surface area contributed by atoms with Crippen molar-refractivity contribution in [1.29, 1.82) is 0 Å². The van der Waals surface area contributed by atoms with Gasteiger partial charge in [-0.25, -0.2) is 0 Å². The third-order valence-electron chi connectivity index (χ3n) is 3.63. The third kappa shape index (κ3) is 3.82. The fraction of sp³-hybridized carbons (Fsp3) is 0.467. The second-order valence-electron chi connectivity index (χ2n) is 5.39. The molecule has 9 heteroatoms. The maximum Gasteiger partial charge on any atom is 0.223 e. The molecule has 1 amide bonds. The van der Waals surface area contributed by atoms with Crippen LogP contribution in [0.4, 0.5) is 0 Å². The molecule has 1 aromatic carbocycles. The molecule has 1 aliphatic heterocycles. The van der Waals surface area contributed by atoms with Gasteiger partial charge in [0.05, 0.1) is 12.2 Å². The summed E-state index contributed by atoms with van der Waals surface area (Å²) in [6, 6.07) is 2.78. The summed E-state index contributed by atoms with van der Waals surface area (Å²) in [6.45, 7) is 0.652. The van der Waals surface area contributed by atoms with Gasteiger partial charge in [0, 0.05) is 13.0 Å². The number of phenolic OH excluding ortho intramolecular Hbond substituents is 1. The van der Waals surface area contributed by atoms with Gasteiger partial charge in [0.15, 0.2) is 6.29 Å². The maximum absolute atomic E-state index is 11.3. The summed E-state index contributed by atoms with van der Waals surface area (Å²) in [5, 5.41) is 41.4. The van der Waals surface area contributed by atoms with Crippen LogP contribution < -0.4 is 10.1 Å². The number of aromatic hydroxyl groups is 1. The van der Waals surface area contributed by atoms with Crippen LogP contribution >= 0.6 is 0 Å². The van der Waals surface area contributed by atoms with Crippen LogP contribution in [0.25, 0.3) is 0 Å². The minimum atomic E-state index is -1.44. The molecule has 5 atom stereocenters. The van der Waals surface area contributed by atoms with E-state index in [4.69, 9.17) is 9.47 Å². The molecular weight excluding hydrogens is 322 g/mol. The second kappa shape index (κ2) is 7.58. The average Bonchev–Trinajstić information content (AvgIpc) is 2.54. The number of nitrogens with one attached hydrogen (secondary N) is 1. The van der Waals surface area contributed by atoms with Crippen molar-refractivity contribution in [2.24, 2.45) is 0 Å². The zero-order valence-corrected chi connectivity index (χ0v) is 12.8. The van der Waals surface area contributed by atoms with Crippen molar-refractivity contribution in [3.8, 4) is 11.5 Å². The van der Waals surface area contributed by atoms with Gasteiger partial charge in [-0.15, -0.1) is 0 Å². The first-order valence-electron chi connectivity index (χ1n) is 7.21. The predicted octanol–water partition coefficient (Wildman–Crippen LogP) is -1.47. The van der Waals surface area contributed by atoms with Gasteiger partial charge in [0.1, 0.15) is 35.9 Å². The standard InChI is InChI=1S/C15H19NO8/c1-7(19)16-12-14(22)13(21)11(6-18)24-15(12)23-9-3-2-8(5-17)10(20)4-9/h2-5,11-15,18,20-22H,6H2,1H3,(H,16,19). The number of aldehydes is 1. The molecule has 2 rings (SSSR count). The fourth-order valence-corrected chi connectivity index (χ4v) is 2.40. The number of ether oxygens (including phenoxy) is 2. The quantitative estimate of drug-likeness (QED) is 0.408. The Morgan fingerprint density at radius 3 is 2.62 bits per heavy atom. The number of amides is 1. The van der Waals surface area contributed by atoms with Crippen LogP contribution in [-0.2, 0) is 9.53 Å². The van der Waals surface area contributed by atoms with E-state index in [1.807, 2.05) is 0 Å². The van der Waals surface area contributed by atoms with E-state index in [1.165, 1.54) is 25.1 Å². The maximum atomic E-state index is 11.3. The zero-order chi connectivity index (χ0) is 17.9. The van der Waals surface area contributed by atoms with Crippen molar-refractivity contribution in [2.45, 2.75) is 37.6 Å². The minimum absolute atomic E-state index is 0.0639. The first-order valence-corrected chi connectivity index (χ1v) is 7.21. The Balaban J connectivity index is 2.24. The van der Waals surface area contributed by atoms with Crippen molar-refractivity contribution < 1.29 is 39.5 Å². The molecule has 5 N–H and O–H groups in total. The monoisotopic (exact) mass is 341 g/mol. The summed E-state index contributed by atoms with van der Waals surface area (Å²) in [7, 11) is 0. The lowest BCUT2D eigenvalue weighted by Crippen LogP contribution is -2.65. The van der Waals surface area contributed by atoms with Gasteiger partial charge in [-0.3, -0.25) is 9.59 Å². The van der Waals surface area contributed by atoms with Crippen molar-refractivity contribution in [1.82, 2.24) is 5.32 Å². The summed E-state index contributed by atoms with van der Waals surface area (Å²) in [4.78, 5) is 22.0. The zero-order valence-electron chi connectivity index (χ0n) is 12.8. The molecule has 1 saturated heterocycles. The number of carbonyl (C=O) groups is 2. The van der Waals surface area contributed by atoms with E-state index in [1.54, 1.807) is 0 Å². The SMILES string of the molecule is CC(=O)NC1C(Oc2ccc(C=O)c(O)c2)OC(CO)C(O)C1O. The van der Waals surface area contributed by atoms with Gasteiger partial charge in [-0.1, -0.05) is 0 Å². The third-order valence-corrected chi connectivity index (χ3v) is 3.63. The van der Waals surface area contributed by atoms with Crippen LogP contribution in [0.1, 0.15) is 17.3 Å². The number of aliphatic hydroxyl groups excluding tert-OH is 3. The molecule has 0 aromatic heterocycles. The first kappa shape index (κ1) is 18.1. The van der Waals surface area contributed by atoms with Crippen LogP contribution in [0, 0.1) is 0 Å². The summed E-state index contributed by atoms with van der Waals surface area (Å²) in [5.74, 6) is -0.683. The number of hydrogen-bond acceptors (Lipinski definition) is 8. The number of benzene rings is 1. The number of rotatable bonds is 5. The minimum Gasteiger partial charge on any atom is -0.507 e. The Morgan fingerprint density at radius 2 is 2.08 bits per heavy atom. The van der Waals surface area contributed by atoms with Gasteiger partial charge in [-0.05, 0) is 12.1 Å². The summed E-state index contributed by atoms with van der Waals surface area (Å²) in [5.41, 5.74) is 0.0639. The molecule has 0 aliphatic carbocycles. The topological polar surface area (TPSA) is 146 Å². The highest BCUT2D eigenvalue weighted by atomic mass is 16.7. The van der Waals surface area contributed by atoms with E-state index in [9.17, 15) is 30.0 Å². The molecule has 9 nitrogen and oxygen atoms in total. The molecule has 0 radical (unpaired) electrons. The van der Waals surface area contributed by atoms with Crippen LogP contribution in [0.2, 0.25) is 0 Å². The lowest BCUT2D eigenvalue weighted by atomic mass is 9.97. The Labute approximate surface area is 137 Å². The number of phenols is 1. The van der Waals surface area contributed by atoms with Gasteiger partial charge >= 0.3 is 0 Å². The van der Waals surface area contributed by atoms with Crippen molar-refractivity contribution in [3.63, 3.8) is 0 Å². The number of carbonyl (C=O) groups excluding carboxylic acids is 2. The Kier molecular flexibility index (Phi) is 5.73. The van der Waals surface area contributed by atoms with Gasteiger partial charge in [0.2, 0.25) is 12.2 Å². The molecule has 1 fully saturated rings. The van der Waals surface area contributed by atoms with Crippen molar-refractivity contribution in [2.75, 3.05) is 6.61 Å². The van der Waals surface area contributed by atoms with Gasteiger partial charge in [-0.2, -0.15) is 0 Å². The van der Waals surface area contributed by atoms with E-state index in [-0.39, 0.29) is 17.1 Å². The fourth-order valence-electron chi connectivity index (χ4n) is 2.40. The molecule has 5 unspecified atom stereocenters. The normalized spacial score (nSPS) is 29.8. The summed E-state index contributed by atoms with van der Waals surface area (Å²) in [6.07, 6.45) is -4.73. The average molecular weight is 341 g/mol. The molecule has 1 heterocycles. The van der Waals surface area contributed by atoms with Crippen LogP contribution in [0.5, 0.6) is 11.5 Å². The Bertz CT molecular complexity index is 607. The highest BCUT2D eigenvalue weighted by Gasteiger charge is 2.46. The predicted molar refractivity (Wildman–Crippen MR) is 79.5 cm³/mol. The second-order valence-corrected chi connectivity index (χ2v) is 5.39. The van der Waals surface area contributed by atoms with Gasteiger partial charge in [0.25, 0.3) is 0 Å².